The number of nitrogens with zero attached hydrogens (tertiary/aromatic N) is 2. The second kappa shape index (κ2) is 5.91. The summed E-state index contributed by atoms with van der Waals surface area (Å²) in [6, 6.07) is 6.80. The first-order valence-corrected chi connectivity index (χ1v) is 7.81. The van der Waals surface area contributed by atoms with Crippen molar-refractivity contribution in [3.05, 3.63) is 34.7 Å². The molecule has 2 aliphatic rings. The predicted molar refractivity (Wildman–Crippen MR) is 84.3 cm³/mol. The molecule has 1 amide bonds. The fourth-order valence-electron chi connectivity index (χ4n) is 2.33. The molecule has 1 aromatic carbocycles. The van der Waals surface area contributed by atoms with E-state index in [1.807, 2.05) is 6.08 Å². The lowest BCUT2D eigenvalue weighted by molar-refractivity contribution is -0.883. The molecule has 0 aromatic heterocycles. The SMILES string of the molecule is C[NH+]1CCN(C2=NC(=O)/C(=C\c3ccc(O)cc3)S2)CC1. The van der Waals surface area contributed by atoms with E-state index in [0.29, 0.717) is 4.91 Å². The van der Waals surface area contributed by atoms with Crippen LogP contribution in [0, 0.1) is 0 Å². The zero-order valence-corrected chi connectivity index (χ0v) is 12.7. The predicted octanol–water partition coefficient (Wildman–Crippen LogP) is 0.193. The molecule has 0 saturated carbocycles. The molecule has 5 nitrogen and oxygen atoms in total. The summed E-state index contributed by atoms with van der Waals surface area (Å²) in [5.74, 6) is 0.0498. The highest BCUT2D eigenvalue weighted by Crippen LogP contribution is 2.30. The summed E-state index contributed by atoms with van der Waals surface area (Å²) < 4.78 is 0. The highest BCUT2D eigenvalue weighted by Gasteiger charge is 2.28. The molecule has 0 spiro atoms. The molecule has 6 heteroatoms. The molecule has 0 radical (unpaired) electrons. The lowest BCUT2D eigenvalue weighted by atomic mass is 10.2. The van der Waals surface area contributed by atoms with Crippen LogP contribution in [0.2, 0.25) is 0 Å². The van der Waals surface area contributed by atoms with Gasteiger partial charge >= 0.3 is 0 Å². The maximum atomic E-state index is 12.0. The number of aromatic hydroxyl groups is 1. The Morgan fingerprint density at radius 1 is 1.29 bits per heavy atom. The summed E-state index contributed by atoms with van der Waals surface area (Å²) in [5.41, 5.74) is 0.892. The molecule has 1 saturated heterocycles. The Labute approximate surface area is 128 Å². The van der Waals surface area contributed by atoms with Gasteiger partial charge in [-0.3, -0.25) is 4.79 Å². The molecule has 21 heavy (non-hydrogen) atoms. The first kappa shape index (κ1) is 14.2. The van der Waals surface area contributed by atoms with Gasteiger partial charge in [0.2, 0.25) is 0 Å². The number of benzene rings is 1. The van der Waals surface area contributed by atoms with Crippen LogP contribution in [0.15, 0.2) is 34.2 Å². The van der Waals surface area contributed by atoms with E-state index in [0.717, 1.165) is 36.9 Å². The van der Waals surface area contributed by atoms with E-state index in [1.54, 1.807) is 24.3 Å². The molecule has 2 aliphatic heterocycles. The van der Waals surface area contributed by atoms with E-state index in [9.17, 15) is 9.90 Å². The number of thioether (sulfide) groups is 1. The van der Waals surface area contributed by atoms with Gasteiger partial charge in [0.05, 0.1) is 38.1 Å². The minimum Gasteiger partial charge on any atom is -0.508 e. The highest BCUT2D eigenvalue weighted by atomic mass is 32.2. The number of rotatable bonds is 1. The average molecular weight is 304 g/mol. The third-order valence-corrected chi connectivity index (χ3v) is 4.73. The maximum absolute atomic E-state index is 12.0. The monoisotopic (exact) mass is 304 g/mol. The van der Waals surface area contributed by atoms with Gasteiger partial charge in [0, 0.05) is 0 Å². The van der Waals surface area contributed by atoms with E-state index < -0.39 is 0 Å². The summed E-state index contributed by atoms with van der Waals surface area (Å²) >= 11 is 1.44. The van der Waals surface area contributed by atoms with Gasteiger partial charge < -0.3 is 14.9 Å². The van der Waals surface area contributed by atoms with Crippen LogP contribution in [-0.2, 0) is 4.79 Å². The molecule has 1 aromatic rings. The van der Waals surface area contributed by atoms with Crippen LogP contribution in [0.25, 0.3) is 6.08 Å². The van der Waals surface area contributed by atoms with E-state index >= 15 is 0 Å². The molecule has 3 rings (SSSR count). The van der Waals surface area contributed by atoms with Crippen LogP contribution in [0.3, 0.4) is 0 Å². The van der Waals surface area contributed by atoms with Crippen molar-refractivity contribution < 1.29 is 14.8 Å². The summed E-state index contributed by atoms with van der Waals surface area (Å²) in [6.45, 7) is 4.03. The van der Waals surface area contributed by atoms with E-state index in [1.165, 1.54) is 16.7 Å². The Morgan fingerprint density at radius 2 is 1.95 bits per heavy atom. The van der Waals surface area contributed by atoms with E-state index in [2.05, 4.69) is 16.9 Å². The number of phenolic OH excluding ortho intramolecular Hbond substituents is 1. The number of nitrogens with one attached hydrogen (secondary N) is 1. The molecule has 2 N–H and O–H groups in total. The second-order valence-corrected chi connectivity index (χ2v) is 6.35. The zero-order valence-electron chi connectivity index (χ0n) is 11.9. The Kier molecular flexibility index (Phi) is 3.98. The fraction of sp³-hybridized carbons (Fsp3) is 0.333. The first-order chi connectivity index (χ1) is 10.1. The lowest BCUT2D eigenvalue weighted by Crippen LogP contribution is -3.12. The van der Waals surface area contributed by atoms with Gasteiger partial charge in [-0.2, -0.15) is 4.99 Å². The Balaban J connectivity index is 1.71. The fourth-order valence-corrected chi connectivity index (χ4v) is 3.30. The molecular weight excluding hydrogens is 286 g/mol. The number of amides is 1. The normalized spacial score (nSPS) is 22.0. The van der Waals surface area contributed by atoms with Crippen molar-refractivity contribution in [3.63, 3.8) is 0 Å². The molecule has 0 unspecified atom stereocenters. The van der Waals surface area contributed by atoms with Crippen LogP contribution >= 0.6 is 11.8 Å². The topological polar surface area (TPSA) is 57.3 Å². The number of phenols is 1. The highest BCUT2D eigenvalue weighted by molar-refractivity contribution is 8.18. The molecular formula is C15H18N3O2S+. The molecule has 0 aliphatic carbocycles. The number of piperazine rings is 1. The molecule has 110 valence electrons. The Hall–Kier alpha value is -1.79. The number of quaternary nitrogens is 1. The average Bonchev–Trinajstić information content (AvgIpc) is 2.83. The first-order valence-electron chi connectivity index (χ1n) is 7.00. The smallest absolute Gasteiger partial charge is 0.286 e. The van der Waals surface area contributed by atoms with Crippen LogP contribution in [0.1, 0.15) is 5.56 Å². The lowest BCUT2D eigenvalue weighted by Gasteiger charge is -2.30. The number of likely N-dealkylation sites (N-methyl/N-ethyl adjacent to an activating group) is 1. The van der Waals surface area contributed by atoms with E-state index in [-0.39, 0.29) is 11.7 Å². The number of carbonyl (C=O) groups is 1. The van der Waals surface area contributed by atoms with Gasteiger partial charge in [-0.25, -0.2) is 0 Å². The maximum Gasteiger partial charge on any atom is 0.286 e. The number of aliphatic imine (C=N–C) groups is 1. The van der Waals surface area contributed by atoms with Crippen molar-refractivity contribution in [2.75, 3.05) is 33.2 Å². The third kappa shape index (κ3) is 3.28. The van der Waals surface area contributed by atoms with Crippen LogP contribution in [-0.4, -0.2) is 54.3 Å². The van der Waals surface area contributed by atoms with Gasteiger partial charge in [0.25, 0.3) is 5.91 Å². The number of carbonyl (C=O) groups excluding carboxylic acids is 1. The Bertz CT molecular complexity index is 602. The summed E-state index contributed by atoms with van der Waals surface area (Å²) in [7, 11) is 2.18. The van der Waals surface area contributed by atoms with Crippen molar-refractivity contribution in [2.45, 2.75) is 0 Å². The van der Waals surface area contributed by atoms with Crippen LogP contribution in [0.4, 0.5) is 0 Å². The van der Waals surface area contributed by atoms with Crippen molar-refractivity contribution in [1.82, 2.24) is 4.90 Å². The van der Waals surface area contributed by atoms with Crippen LogP contribution in [0.5, 0.6) is 5.75 Å². The molecule has 0 atom stereocenters. The number of hydrogen-bond acceptors (Lipinski definition) is 4. The van der Waals surface area contributed by atoms with Crippen molar-refractivity contribution in [1.29, 1.82) is 0 Å². The molecule has 0 bridgehead atoms. The quantitative estimate of drug-likeness (QED) is 0.728. The van der Waals surface area contributed by atoms with Crippen molar-refractivity contribution in [3.8, 4) is 5.75 Å². The number of amidine groups is 1. The zero-order chi connectivity index (χ0) is 14.8. The number of hydrogen-bond donors (Lipinski definition) is 2. The standard InChI is InChI=1S/C15H17N3O2S/c1-17-6-8-18(9-7-17)15-16-14(20)13(21-15)10-11-2-4-12(19)5-3-11/h2-5,10,19H,6-9H2,1H3/p+1/b13-10+. The van der Waals surface area contributed by atoms with Gasteiger partial charge in [0.1, 0.15) is 5.75 Å². The van der Waals surface area contributed by atoms with E-state index in [4.69, 9.17) is 0 Å². The summed E-state index contributed by atoms with van der Waals surface area (Å²) in [6.07, 6.45) is 1.82. The van der Waals surface area contributed by atoms with Gasteiger partial charge in [-0.05, 0) is 35.5 Å². The summed E-state index contributed by atoms with van der Waals surface area (Å²) in [5, 5.41) is 10.1. The largest absolute Gasteiger partial charge is 0.508 e. The van der Waals surface area contributed by atoms with Crippen molar-refractivity contribution in [2.24, 2.45) is 4.99 Å². The van der Waals surface area contributed by atoms with Crippen molar-refractivity contribution >= 4 is 28.9 Å². The summed E-state index contributed by atoms with van der Waals surface area (Å²) in [4.78, 5) is 20.5. The minimum atomic E-state index is -0.172. The van der Waals surface area contributed by atoms with Gasteiger partial charge in [-0.15, -0.1) is 0 Å². The third-order valence-electron chi connectivity index (χ3n) is 3.69. The molecule has 2 heterocycles. The Morgan fingerprint density at radius 3 is 2.62 bits per heavy atom. The second-order valence-electron chi connectivity index (χ2n) is 5.35. The minimum absolute atomic E-state index is 0.172. The molecule has 1 fully saturated rings. The van der Waals surface area contributed by atoms with Gasteiger partial charge in [-0.1, -0.05) is 12.1 Å². The van der Waals surface area contributed by atoms with Gasteiger partial charge in [0.15, 0.2) is 5.17 Å². The van der Waals surface area contributed by atoms with Crippen LogP contribution < -0.4 is 4.90 Å².